The zero-order valence-electron chi connectivity index (χ0n) is 10.1. The number of alkyl halides is 3. The van der Waals surface area contributed by atoms with E-state index in [0.717, 1.165) is 26.2 Å². The van der Waals surface area contributed by atoms with E-state index >= 15 is 0 Å². The fourth-order valence-electron chi connectivity index (χ4n) is 1.19. The third-order valence-electron chi connectivity index (χ3n) is 2.44. The summed E-state index contributed by atoms with van der Waals surface area (Å²) in [5.41, 5.74) is -2.61. The average Bonchev–Trinajstić information content (AvgIpc) is 2.08. The summed E-state index contributed by atoms with van der Waals surface area (Å²) in [5.74, 6) is 0.617. The third kappa shape index (κ3) is 6.16. The first kappa shape index (κ1) is 15.5. The molecule has 1 nitrogen and oxygen atoms in total. The van der Waals surface area contributed by atoms with Gasteiger partial charge in [0.1, 0.15) is 0 Å². The average molecular weight is 238 g/mol. The zero-order chi connectivity index (χ0) is 12.8. The lowest BCUT2D eigenvalue weighted by Gasteiger charge is -2.24. The highest BCUT2D eigenvalue weighted by molar-refractivity contribution is 4.93. The monoisotopic (exact) mass is 238 g/mol. The van der Waals surface area contributed by atoms with Crippen LogP contribution in [0.2, 0.25) is 0 Å². The minimum absolute atomic E-state index is 0.377. The molecule has 0 aromatic heterocycles. The Morgan fingerprint density at radius 3 is 2.19 bits per heavy atom. The molecular weight excluding hydrogens is 217 g/mol. The molecule has 0 saturated heterocycles. The van der Waals surface area contributed by atoms with E-state index in [1.807, 2.05) is 0 Å². The molecule has 1 unspecified atom stereocenters. The molecule has 0 saturated carbocycles. The highest BCUT2D eigenvalue weighted by Gasteiger charge is 2.48. The van der Waals surface area contributed by atoms with Crippen LogP contribution in [-0.2, 0) is 0 Å². The molecule has 0 rings (SSSR count). The van der Waals surface area contributed by atoms with Gasteiger partial charge in [0.05, 0.1) is 0 Å². The SMILES string of the molecule is CC(C)CCC/C=C/CC(C)(O)C(F)(F)F. The molecule has 0 fully saturated rings. The molecule has 16 heavy (non-hydrogen) atoms. The summed E-state index contributed by atoms with van der Waals surface area (Å²) in [7, 11) is 0. The Morgan fingerprint density at radius 2 is 1.75 bits per heavy atom. The summed E-state index contributed by atoms with van der Waals surface area (Å²) in [5, 5.41) is 9.12. The largest absolute Gasteiger partial charge is 0.417 e. The predicted molar refractivity (Wildman–Crippen MR) is 59.1 cm³/mol. The molecule has 0 aromatic carbocycles. The van der Waals surface area contributed by atoms with Crippen molar-refractivity contribution >= 4 is 0 Å². The van der Waals surface area contributed by atoms with Gasteiger partial charge < -0.3 is 5.11 Å². The molecule has 96 valence electrons. The molecule has 0 amide bonds. The minimum atomic E-state index is -4.56. The standard InChI is InChI=1S/C12H21F3O/c1-10(2)8-6-4-5-7-9-11(3,16)12(13,14)15/h5,7,10,16H,4,6,8-9H2,1-3H3/b7-5+. The van der Waals surface area contributed by atoms with Gasteiger partial charge in [0.25, 0.3) is 0 Å². The van der Waals surface area contributed by atoms with Crippen molar-refractivity contribution in [2.24, 2.45) is 5.92 Å². The molecule has 1 atom stereocenters. The number of hydrogen-bond donors (Lipinski definition) is 1. The van der Waals surface area contributed by atoms with Gasteiger partial charge in [0.2, 0.25) is 0 Å². The van der Waals surface area contributed by atoms with Gasteiger partial charge in [-0.05, 0) is 25.7 Å². The normalized spacial score (nSPS) is 17.0. The molecule has 0 bridgehead atoms. The summed E-state index contributed by atoms with van der Waals surface area (Å²) in [6, 6.07) is 0. The van der Waals surface area contributed by atoms with Crippen molar-refractivity contribution in [3.8, 4) is 0 Å². The van der Waals surface area contributed by atoms with E-state index in [9.17, 15) is 13.2 Å². The van der Waals surface area contributed by atoms with Crippen LogP contribution in [0.4, 0.5) is 13.2 Å². The van der Waals surface area contributed by atoms with Gasteiger partial charge in [0, 0.05) is 6.42 Å². The van der Waals surface area contributed by atoms with Gasteiger partial charge in [0.15, 0.2) is 5.60 Å². The molecule has 0 aromatic rings. The van der Waals surface area contributed by atoms with Crippen molar-refractivity contribution in [2.75, 3.05) is 0 Å². The Bertz CT molecular complexity index is 217. The first-order chi connectivity index (χ1) is 7.17. The minimum Gasteiger partial charge on any atom is -0.380 e. The maximum absolute atomic E-state index is 12.2. The summed E-state index contributed by atoms with van der Waals surface area (Å²) >= 11 is 0. The van der Waals surface area contributed by atoms with Crippen LogP contribution in [0.5, 0.6) is 0 Å². The number of unbranched alkanes of at least 4 members (excludes halogenated alkanes) is 1. The van der Waals surface area contributed by atoms with Crippen molar-refractivity contribution in [3.05, 3.63) is 12.2 Å². The molecule has 0 radical (unpaired) electrons. The van der Waals surface area contributed by atoms with Crippen LogP contribution in [0, 0.1) is 5.92 Å². The Morgan fingerprint density at radius 1 is 1.19 bits per heavy atom. The lowest BCUT2D eigenvalue weighted by Crippen LogP contribution is -2.41. The van der Waals surface area contributed by atoms with Crippen molar-refractivity contribution in [3.63, 3.8) is 0 Å². The van der Waals surface area contributed by atoms with Crippen molar-refractivity contribution in [1.29, 1.82) is 0 Å². The second kappa shape index (κ2) is 6.28. The third-order valence-corrected chi connectivity index (χ3v) is 2.44. The highest BCUT2D eigenvalue weighted by atomic mass is 19.4. The lowest BCUT2D eigenvalue weighted by molar-refractivity contribution is -0.251. The number of halogens is 3. The van der Waals surface area contributed by atoms with Gasteiger partial charge in [-0.2, -0.15) is 13.2 Å². The van der Waals surface area contributed by atoms with Crippen molar-refractivity contribution < 1.29 is 18.3 Å². The zero-order valence-corrected chi connectivity index (χ0v) is 10.1. The van der Waals surface area contributed by atoms with E-state index in [1.54, 1.807) is 6.08 Å². The maximum Gasteiger partial charge on any atom is 0.417 e. The first-order valence-corrected chi connectivity index (χ1v) is 5.61. The van der Waals surface area contributed by atoms with Crippen LogP contribution in [-0.4, -0.2) is 16.9 Å². The molecule has 4 heteroatoms. The Kier molecular flexibility index (Phi) is 6.08. The summed E-state index contributed by atoms with van der Waals surface area (Å²) < 4.78 is 36.7. The summed E-state index contributed by atoms with van der Waals surface area (Å²) in [6.45, 7) is 5.02. The predicted octanol–water partition coefficient (Wildman–Crippen LogP) is 4.07. The maximum atomic E-state index is 12.2. The number of rotatable bonds is 6. The number of hydrogen-bond acceptors (Lipinski definition) is 1. The van der Waals surface area contributed by atoms with E-state index in [0.29, 0.717) is 5.92 Å². The Balaban J connectivity index is 3.84. The second-order valence-corrected chi connectivity index (χ2v) is 4.77. The van der Waals surface area contributed by atoms with E-state index in [2.05, 4.69) is 13.8 Å². The van der Waals surface area contributed by atoms with E-state index in [4.69, 9.17) is 5.11 Å². The molecule has 0 aliphatic heterocycles. The van der Waals surface area contributed by atoms with Gasteiger partial charge >= 0.3 is 6.18 Å². The van der Waals surface area contributed by atoms with Crippen LogP contribution in [0.25, 0.3) is 0 Å². The molecule has 0 aliphatic rings. The van der Waals surface area contributed by atoms with Crippen molar-refractivity contribution in [1.82, 2.24) is 0 Å². The number of aliphatic hydroxyl groups is 1. The molecule has 0 aliphatic carbocycles. The Hall–Kier alpha value is -0.510. The van der Waals surface area contributed by atoms with Crippen LogP contribution in [0.1, 0.15) is 46.5 Å². The van der Waals surface area contributed by atoms with E-state index in [1.165, 1.54) is 6.08 Å². The molecule has 1 N–H and O–H groups in total. The second-order valence-electron chi connectivity index (χ2n) is 4.77. The highest BCUT2D eigenvalue weighted by Crippen LogP contribution is 2.32. The van der Waals surface area contributed by atoms with Gasteiger partial charge in [-0.3, -0.25) is 0 Å². The summed E-state index contributed by atoms with van der Waals surface area (Å²) in [6.07, 6.45) is 0.998. The lowest BCUT2D eigenvalue weighted by atomic mass is 10.0. The van der Waals surface area contributed by atoms with Crippen LogP contribution in [0.3, 0.4) is 0 Å². The smallest absolute Gasteiger partial charge is 0.380 e. The van der Waals surface area contributed by atoms with E-state index in [-0.39, 0.29) is 6.42 Å². The molecule has 0 heterocycles. The fourth-order valence-corrected chi connectivity index (χ4v) is 1.19. The fraction of sp³-hybridized carbons (Fsp3) is 0.833. The van der Waals surface area contributed by atoms with Gasteiger partial charge in [-0.25, -0.2) is 0 Å². The Labute approximate surface area is 95.4 Å². The molecule has 0 spiro atoms. The number of allylic oxidation sites excluding steroid dienone is 1. The van der Waals surface area contributed by atoms with Gasteiger partial charge in [-0.15, -0.1) is 0 Å². The van der Waals surface area contributed by atoms with Crippen LogP contribution < -0.4 is 0 Å². The molecular formula is C12H21F3O. The summed E-state index contributed by atoms with van der Waals surface area (Å²) in [4.78, 5) is 0. The topological polar surface area (TPSA) is 20.2 Å². The van der Waals surface area contributed by atoms with Gasteiger partial charge in [-0.1, -0.05) is 32.4 Å². The first-order valence-electron chi connectivity index (χ1n) is 5.61. The van der Waals surface area contributed by atoms with Crippen LogP contribution >= 0.6 is 0 Å². The van der Waals surface area contributed by atoms with E-state index < -0.39 is 11.8 Å². The van der Waals surface area contributed by atoms with Crippen LogP contribution in [0.15, 0.2) is 12.2 Å². The van der Waals surface area contributed by atoms with Crippen molar-refractivity contribution in [2.45, 2.75) is 58.2 Å². The quantitative estimate of drug-likeness (QED) is 0.546.